The molecule has 0 N–H and O–H groups in total. The third-order valence-corrected chi connectivity index (χ3v) is 3.06. The lowest BCUT2D eigenvalue weighted by atomic mass is 10.1. The summed E-state index contributed by atoms with van der Waals surface area (Å²) in [7, 11) is 0. The Morgan fingerprint density at radius 2 is 2.33 bits per heavy atom. The summed E-state index contributed by atoms with van der Waals surface area (Å²) in [5.41, 5.74) is 0.796. The lowest BCUT2D eigenvalue weighted by Crippen LogP contribution is -2.33. The summed E-state index contributed by atoms with van der Waals surface area (Å²) >= 11 is 0. The first-order valence-corrected chi connectivity index (χ1v) is 6.25. The fourth-order valence-corrected chi connectivity index (χ4v) is 2.05. The SMILES string of the molecule is CCCCCC(=O)N1C(=O)OCC1c1ccoc1. The predicted octanol–water partition coefficient (Wildman–Crippen LogP) is 2.88. The number of hydrogen-bond acceptors (Lipinski definition) is 4. The van der Waals surface area contributed by atoms with Crippen LogP contribution in [0.3, 0.4) is 0 Å². The van der Waals surface area contributed by atoms with Crippen molar-refractivity contribution in [1.29, 1.82) is 0 Å². The van der Waals surface area contributed by atoms with Crippen molar-refractivity contribution < 1.29 is 18.7 Å². The van der Waals surface area contributed by atoms with Crippen molar-refractivity contribution in [3.63, 3.8) is 0 Å². The highest BCUT2D eigenvalue weighted by atomic mass is 16.6. The zero-order valence-electron chi connectivity index (χ0n) is 10.4. The average Bonchev–Trinajstić information content (AvgIpc) is 2.97. The third kappa shape index (κ3) is 2.55. The average molecular weight is 251 g/mol. The van der Waals surface area contributed by atoms with Gasteiger partial charge >= 0.3 is 6.09 Å². The van der Waals surface area contributed by atoms with E-state index in [-0.39, 0.29) is 18.6 Å². The van der Waals surface area contributed by atoms with Crippen LogP contribution in [0.1, 0.15) is 44.2 Å². The van der Waals surface area contributed by atoms with Gasteiger partial charge in [0.1, 0.15) is 12.6 Å². The molecule has 1 atom stereocenters. The molecule has 5 heteroatoms. The van der Waals surface area contributed by atoms with Gasteiger partial charge in [0.05, 0.1) is 12.5 Å². The van der Waals surface area contributed by atoms with Gasteiger partial charge in [-0.2, -0.15) is 0 Å². The molecule has 98 valence electrons. The largest absolute Gasteiger partial charge is 0.472 e. The molecule has 0 radical (unpaired) electrons. The van der Waals surface area contributed by atoms with Crippen LogP contribution < -0.4 is 0 Å². The summed E-state index contributed by atoms with van der Waals surface area (Å²) < 4.78 is 9.94. The normalized spacial score (nSPS) is 19.1. The van der Waals surface area contributed by atoms with Crippen molar-refractivity contribution in [2.45, 2.75) is 38.6 Å². The number of carbonyl (C=O) groups is 2. The van der Waals surface area contributed by atoms with E-state index < -0.39 is 6.09 Å². The monoisotopic (exact) mass is 251 g/mol. The topological polar surface area (TPSA) is 59.8 Å². The molecule has 18 heavy (non-hydrogen) atoms. The molecule has 0 bridgehead atoms. The Labute approximate surface area is 106 Å². The smallest absolute Gasteiger partial charge is 0.417 e. The summed E-state index contributed by atoms with van der Waals surface area (Å²) in [4.78, 5) is 24.8. The number of ether oxygens (including phenoxy) is 1. The van der Waals surface area contributed by atoms with Crippen LogP contribution in [0.2, 0.25) is 0 Å². The summed E-state index contributed by atoms with van der Waals surface area (Å²) in [5, 5.41) is 0. The van der Waals surface area contributed by atoms with E-state index >= 15 is 0 Å². The zero-order valence-corrected chi connectivity index (χ0v) is 10.4. The minimum Gasteiger partial charge on any atom is -0.472 e. The molecule has 0 spiro atoms. The summed E-state index contributed by atoms with van der Waals surface area (Å²) in [6, 6.07) is 1.41. The highest BCUT2D eigenvalue weighted by Crippen LogP contribution is 2.28. The minimum absolute atomic E-state index is 0.169. The van der Waals surface area contributed by atoms with Crippen LogP contribution in [-0.4, -0.2) is 23.5 Å². The number of cyclic esters (lactones) is 1. The first-order valence-electron chi connectivity index (χ1n) is 6.25. The maximum atomic E-state index is 12.0. The molecule has 1 saturated heterocycles. The number of nitrogens with zero attached hydrogens (tertiary/aromatic N) is 1. The number of furan rings is 1. The molecule has 2 amide bonds. The molecule has 1 aromatic rings. The Morgan fingerprint density at radius 1 is 1.50 bits per heavy atom. The minimum atomic E-state index is -0.553. The van der Waals surface area contributed by atoms with Gasteiger partial charge < -0.3 is 9.15 Å². The summed E-state index contributed by atoms with van der Waals surface area (Å²) in [5.74, 6) is -0.169. The number of imide groups is 1. The number of unbranched alkanes of at least 4 members (excludes halogenated alkanes) is 2. The second kappa shape index (κ2) is 5.71. The van der Waals surface area contributed by atoms with E-state index in [0.29, 0.717) is 6.42 Å². The molecule has 1 fully saturated rings. The number of amides is 2. The Hall–Kier alpha value is -1.78. The standard InChI is InChI=1S/C13H17NO4/c1-2-3-4-5-12(15)14-11(9-18-13(14)16)10-6-7-17-8-10/h6-8,11H,2-5,9H2,1H3. The lowest BCUT2D eigenvalue weighted by Gasteiger charge is -2.18. The van der Waals surface area contributed by atoms with Gasteiger partial charge in [0.2, 0.25) is 5.91 Å². The van der Waals surface area contributed by atoms with Crippen molar-refractivity contribution >= 4 is 12.0 Å². The number of rotatable bonds is 5. The molecule has 0 aliphatic carbocycles. The molecule has 0 saturated carbocycles. The molecule has 1 unspecified atom stereocenters. The van der Waals surface area contributed by atoms with Crippen LogP contribution >= 0.6 is 0 Å². The van der Waals surface area contributed by atoms with E-state index in [9.17, 15) is 9.59 Å². The van der Waals surface area contributed by atoms with E-state index in [1.165, 1.54) is 11.2 Å². The van der Waals surface area contributed by atoms with Gasteiger partial charge in [0.25, 0.3) is 0 Å². The van der Waals surface area contributed by atoms with Gasteiger partial charge in [0.15, 0.2) is 0 Å². The van der Waals surface area contributed by atoms with E-state index in [1.807, 2.05) is 0 Å². The van der Waals surface area contributed by atoms with Gasteiger partial charge in [-0.05, 0) is 12.5 Å². The van der Waals surface area contributed by atoms with Gasteiger partial charge in [-0.15, -0.1) is 0 Å². The summed E-state index contributed by atoms with van der Waals surface area (Å²) in [6.45, 7) is 2.28. The van der Waals surface area contributed by atoms with Crippen molar-refractivity contribution in [3.8, 4) is 0 Å². The van der Waals surface area contributed by atoms with E-state index in [2.05, 4.69) is 6.92 Å². The third-order valence-electron chi connectivity index (χ3n) is 3.06. The van der Waals surface area contributed by atoms with Crippen LogP contribution in [0, 0.1) is 0 Å². The first kappa shape index (κ1) is 12.7. The molecular weight excluding hydrogens is 234 g/mol. The van der Waals surface area contributed by atoms with Gasteiger partial charge in [-0.1, -0.05) is 19.8 Å². The summed E-state index contributed by atoms with van der Waals surface area (Å²) in [6.07, 6.45) is 5.74. The van der Waals surface area contributed by atoms with Gasteiger partial charge in [0, 0.05) is 12.0 Å². The zero-order chi connectivity index (χ0) is 13.0. The van der Waals surface area contributed by atoms with Gasteiger partial charge in [-0.3, -0.25) is 4.79 Å². The van der Waals surface area contributed by atoms with Crippen LogP contribution in [0.15, 0.2) is 23.0 Å². The number of carbonyl (C=O) groups excluding carboxylic acids is 2. The van der Waals surface area contributed by atoms with Gasteiger partial charge in [-0.25, -0.2) is 9.69 Å². The van der Waals surface area contributed by atoms with Crippen LogP contribution in [-0.2, 0) is 9.53 Å². The van der Waals surface area contributed by atoms with E-state index in [4.69, 9.17) is 9.15 Å². The fraction of sp³-hybridized carbons (Fsp3) is 0.538. The van der Waals surface area contributed by atoms with Crippen LogP contribution in [0.4, 0.5) is 4.79 Å². The molecule has 2 rings (SSSR count). The highest BCUT2D eigenvalue weighted by molar-refractivity contribution is 5.93. The Balaban J connectivity index is 2.03. The lowest BCUT2D eigenvalue weighted by molar-refractivity contribution is -0.129. The fourth-order valence-electron chi connectivity index (χ4n) is 2.05. The van der Waals surface area contributed by atoms with Crippen LogP contribution in [0.25, 0.3) is 0 Å². The van der Waals surface area contributed by atoms with Crippen LogP contribution in [0.5, 0.6) is 0 Å². The highest BCUT2D eigenvalue weighted by Gasteiger charge is 2.38. The maximum Gasteiger partial charge on any atom is 0.417 e. The second-order valence-corrected chi connectivity index (χ2v) is 4.37. The first-order chi connectivity index (χ1) is 8.74. The molecule has 2 heterocycles. The van der Waals surface area contributed by atoms with Crippen molar-refractivity contribution in [3.05, 3.63) is 24.2 Å². The Morgan fingerprint density at radius 3 is 3.00 bits per heavy atom. The molecule has 1 aliphatic rings. The maximum absolute atomic E-state index is 12.0. The van der Waals surface area contributed by atoms with Crippen molar-refractivity contribution in [2.75, 3.05) is 6.61 Å². The van der Waals surface area contributed by atoms with E-state index in [0.717, 1.165) is 24.8 Å². The molecule has 1 aromatic heterocycles. The van der Waals surface area contributed by atoms with E-state index in [1.54, 1.807) is 12.3 Å². The number of hydrogen-bond donors (Lipinski definition) is 0. The Kier molecular flexibility index (Phi) is 4.02. The molecule has 1 aliphatic heterocycles. The molecular formula is C13H17NO4. The van der Waals surface area contributed by atoms with Crippen molar-refractivity contribution in [1.82, 2.24) is 4.90 Å². The predicted molar refractivity (Wildman–Crippen MR) is 63.8 cm³/mol. The van der Waals surface area contributed by atoms with Crippen molar-refractivity contribution in [2.24, 2.45) is 0 Å². The quantitative estimate of drug-likeness (QED) is 0.755. The molecule has 0 aromatic carbocycles. The second-order valence-electron chi connectivity index (χ2n) is 4.37. The molecule has 5 nitrogen and oxygen atoms in total. The Bertz CT molecular complexity index is 413.